The number of halogens is 1. The average Bonchev–Trinajstić information content (AvgIpc) is 2.16. The lowest BCUT2D eigenvalue weighted by Crippen LogP contribution is -2.12. The normalized spacial score (nSPS) is 10.8. The van der Waals surface area contributed by atoms with E-state index in [4.69, 9.17) is 0 Å². The maximum absolute atomic E-state index is 3.66. The molecule has 1 aromatic rings. The van der Waals surface area contributed by atoms with Crippen LogP contribution in [0.25, 0.3) is 0 Å². The molecule has 0 N–H and O–H groups in total. The summed E-state index contributed by atoms with van der Waals surface area (Å²) in [4.78, 5) is 0. The van der Waals surface area contributed by atoms with Crippen molar-refractivity contribution in [1.82, 2.24) is 0 Å². The van der Waals surface area contributed by atoms with Crippen LogP contribution in [0.4, 0.5) is 0 Å². The Morgan fingerprint density at radius 2 is 1.36 bits per heavy atom. The van der Waals surface area contributed by atoms with Crippen molar-refractivity contribution in [3.63, 3.8) is 0 Å². The molecule has 0 heterocycles. The van der Waals surface area contributed by atoms with Crippen LogP contribution in [-0.4, -0.2) is 18.2 Å². The molecule has 2 heteroatoms. The van der Waals surface area contributed by atoms with Gasteiger partial charge in [0.25, 0.3) is 0 Å². The summed E-state index contributed by atoms with van der Waals surface area (Å²) in [6, 6.07) is 7.07. The van der Waals surface area contributed by atoms with E-state index in [1.165, 1.54) is 14.8 Å². The van der Waals surface area contributed by atoms with Gasteiger partial charge in [0, 0.05) is 0 Å². The Hall–Kier alpha value is 0.466. The van der Waals surface area contributed by atoms with Gasteiger partial charge in [0.15, 0.2) is 0 Å². The van der Waals surface area contributed by atoms with E-state index in [9.17, 15) is 0 Å². The van der Waals surface area contributed by atoms with E-state index in [0.29, 0.717) is 11.8 Å². The molecule has 0 fully saturated rings. The van der Waals surface area contributed by atoms with Crippen molar-refractivity contribution in [1.29, 1.82) is 0 Å². The van der Waals surface area contributed by atoms with Gasteiger partial charge in [0.1, 0.15) is 0 Å². The minimum Gasteiger partial charge on any atom is -0.296 e. The van der Waals surface area contributed by atoms with Gasteiger partial charge in [0.05, 0.1) is 0 Å². The Kier molecular flexibility index (Phi) is 4.94. The summed E-state index contributed by atoms with van der Waals surface area (Å²) in [5.41, 5.74) is 2.97. The van der Waals surface area contributed by atoms with Gasteiger partial charge in [-0.15, -0.1) is 0 Å². The maximum Gasteiger partial charge on any atom is 0.506 e. The van der Waals surface area contributed by atoms with Crippen LogP contribution in [0, 0.1) is 0 Å². The molecule has 0 saturated carbocycles. The van der Waals surface area contributed by atoms with Crippen molar-refractivity contribution in [2.45, 2.75) is 39.5 Å². The molecule has 1 rings (SSSR count). The molecule has 0 nitrogen and oxygen atoms in total. The number of rotatable bonds is 3. The Labute approximate surface area is 103 Å². The molecule has 0 spiro atoms. The van der Waals surface area contributed by atoms with Crippen molar-refractivity contribution >= 4 is 34.8 Å². The molecule has 0 aliphatic carbocycles. The zero-order valence-electron chi connectivity index (χ0n) is 9.47. The second-order valence-corrected chi connectivity index (χ2v) is 7.22. The summed E-state index contributed by atoms with van der Waals surface area (Å²) < 4.78 is 1.53. The highest BCUT2D eigenvalue weighted by Crippen LogP contribution is 2.19. The first-order valence-corrected chi connectivity index (χ1v) is 9.85. The molecule has 0 amide bonds. The predicted octanol–water partition coefficient (Wildman–Crippen LogP) is 3.57. The van der Waals surface area contributed by atoms with Gasteiger partial charge in [-0.3, -0.25) is 12.9 Å². The molecule has 0 bridgehead atoms. The van der Waals surface area contributed by atoms with Gasteiger partial charge in [-0.1, -0.05) is 45.9 Å². The average molecular weight is 265 g/mol. The van der Waals surface area contributed by atoms with Crippen molar-refractivity contribution in [3.8, 4) is 0 Å². The quantitative estimate of drug-likeness (QED) is 0.733. The fraction of sp³-hybridized carbons (Fsp3) is 0.500. The van der Waals surface area contributed by atoms with E-state index >= 15 is 0 Å². The van der Waals surface area contributed by atoms with Crippen LogP contribution in [0.5, 0.6) is 0 Å². The van der Waals surface area contributed by atoms with E-state index in [1.54, 1.807) is 0 Å². The second kappa shape index (κ2) is 5.52. The van der Waals surface area contributed by atoms with Gasteiger partial charge < -0.3 is 0 Å². The summed E-state index contributed by atoms with van der Waals surface area (Å²) >= 11 is 3.46. The molecule has 0 unspecified atom stereocenters. The summed E-state index contributed by atoms with van der Waals surface area (Å²) in [7, 11) is 0. The number of benzene rings is 1. The van der Waals surface area contributed by atoms with Crippen LogP contribution >= 0.6 is 12.9 Å². The Bertz CT molecular complexity index is 279. The van der Waals surface area contributed by atoms with Crippen molar-refractivity contribution in [2.24, 2.45) is 0 Å². The Balaban J connectivity index is 3.13. The first-order chi connectivity index (χ1) is 6.54. The van der Waals surface area contributed by atoms with Crippen LogP contribution in [0.3, 0.4) is 0 Å². The summed E-state index contributed by atoms with van der Waals surface area (Å²) in [6.45, 7) is 9.05. The number of hydrogen-bond acceptors (Lipinski definition) is 0. The fourth-order valence-corrected chi connectivity index (χ4v) is 3.09. The first kappa shape index (κ1) is 12.5. The molecule has 1 aromatic carbocycles. The molecular formula is C12H17BrMg. The van der Waals surface area contributed by atoms with E-state index in [0.717, 1.165) is 0 Å². The lowest BCUT2D eigenvalue weighted by atomic mass is 9.96. The minimum atomic E-state index is -0.203. The van der Waals surface area contributed by atoms with E-state index in [2.05, 4.69) is 58.8 Å². The van der Waals surface area contributed by atoms with Gasteiger partial charge in [-0.05, 0) is 23.0 Å². The van der Waals surface area contributed by atoms with Crippen LogP contribution in [0.15, 0.2) is 18.2 Å². The molecule has 74 valence electrons. The molecule has 0 radical (unpaired) electrons. The second-order valence-electron chi connectivity index (χ2n) is 4.45. The van der Waals surface area contributed by atoms with E-state index in [1.807, 2.05) is 0 Å². The SMILES string of the molecule is CC(C)c1c[c]([Mg][Br])cc(C(C)C)c1. The third-order valence-electron chi connectivity index (χ3n) is 2.53. The van der Waals surface area contributed by atoms with Crippen molar-refractivity contribution in [2.75, 3.05) is 0 Å². The van der Waals surface area contributed by atoms with Crippen molar-refractivity contribution < 1.29 is 0 Å². The maximum atomic E-state index is 3.66. The molecule has 0 aromatic heterocycles. The van der Waals surface area contributed by atoms with Crippen LogP contribution in [0.2, 0.25) is 0 Å². The highest BCUT2D eigenvalue weighted by molar-refractivity contribution is 9.23. The predicted molar refractivity (Wildman–Crippen MR) is 68.9 cm³/mol. The third-order valence-corrected chi connectivity index (χ3v) is 5.18. The highest BCUT2D eigenvalue weighted by Gasteiger charge is 2.07. The van der Waals surface area contributed by atoms with E-state index < -0.39 is 0 Å². The zero-order valence-corrected chi connectivity index (χ0v) is 12.5. The molecule has 0 aliphatic heterocycles. The van der Waals surface area contributed by atoms with Crippen LogP contribution in [0.1, 0.15) is 50.7 Å². The van der Waals surface area contributed by atoms with Gasteiger partial charge in [-0.25, -0.2) is 0 Å². The zero-order chi connectivity index (χ0) is 10.7. The molecule has 0 atom stereocenters. The lowest BCUT2D eigenvalue weighted by Gasteiger charge is -2.13. The third kappa shape index (κ3) is 3.25. The minimum absolute atomic E-state index is 0.203. The van der Waals surface area contributed by atoms with Gasteiger partial charge >= 0.3 is 18.2 Å². The van der Waals surface area contributed by atoms with E-state index in [-0.39, 0.29) is 18.2 Å². The standard InChI is InChI=1S/C12H17.BrH.Mg/c1-9(2)11-6-5-7-12(8-11)10(3)4;;/h6-10H,1-4H3;1H;/q;;+1/p-1. The molecule has 0 saturated heterocycles. The van der Waals surface area contributed by atoms with Crippen molar-refractivity contribution in [3.05, 3.63) is 29.3 Å². The molecule has 0 aliphatic rings. The number of hydrogen-bond donors (Lipinski definition) is 0. The largest absolute Gasteiger partial charge is 0.506 e. The summed E-state index contributed by atoms with van der Waals surface area (Å²) in [5.74, 6) is 1.28. The van der Waals surface area contributed by atoms with Gasteiger partial charge in [-0.2, -0.15) is 3.69 Å². The van der Waals surface area contributed by atoms with Crippen LogP contribution in [-0.2, 0) is 0 Å². The fourth-order valence-electron chi connectivity index (χ4n) is 1.49. The lowest BCUT2D eigenvalue weighted by molar-refractivity contribution is 0.836. The summed E-state index contributed by atoms with van der Waals surface area (Å²) in [5, 5.41) is 0. The topological polar surface area (TPSA) is 0 Å². The Morgan fingerprint density at radius 3 is 1.64 bits per heavy atom. The van der Waals surface area contributed by atoms with Gasteiger partial charge in [0.2, 0.25) is 0 Å². The smallest absolute Gasteiger partial charge is 0.296 e. The Morgan fingerprint density at radius 1 is 0.929 bits per heavy atom. The van der Waals surface area contributed by atoms with Crippen LogP contribution < -0.4 is 3.69 Å². The molecule has 14 heavy (non-hydrogen) atoms. The monoisotopic (exact) mass is 264 g/mol. The summed E-state index contributed by atoms with van der Waals surface area (Å²) in [6.07, 6.45) is 0. The highest BCUT2D eigenvalue weighted by atomic mass is 79.9. The first-order valence-electron chi connectivity index (χ1n) is 5.24. The molecular weight excluding hydrogens is 248 g/mol.